The highest BCUT2D eigenvalue weighted by Gasteiger charge is 2.42. The van der Waals surface area contributed by atoms with Gasteiger partial charge in [0, 0.05) is 18.9 Å². The van der Waals surface area contributed by atoms with Crippen molar-refractivity contribution >= 4 is 11.8 Å². The maximum atomic E-state index is 12.3. The molecule has 1 aromatic heterocycles. The first kappa shape index (κ1) is 11.2. The van der Waals surface area contributed by atoms with Crippen LogP contribution in [0.1, 0.15) is 18.4 Å². The van der Waals surface area contributed by atoms with Crippen LogP contribution in [0.2, 0.25) is 0 Å². The number of nitrogens with zero attached hydrogens (tertiary/aromatic N) is 2. The number of piperazine rings is 1. The predicted octanol–water partition coefficient (Wildman–Crippen LogP) is 0.319. The van der Waals surface area contributed by atoms with Gasteiger partial charge in [-0.2, -0.15) is 0 Å². The molecule has 1 N–H and O–H groups in total. The average molecular weight is 245 g/mol. The van der Waals surface area contributed by atoms with Crippen molar-refractivity contribution in [3.63, 3.8) is 0 Å². The zero-order valence-electron chi connectivity index (χ0n) is 10.0. The van der Waals surface area contributed by atoms with E-state index in [1.54, 1.807) is 17.3 Å². The maximum absolute atomic E-state index is 12.3. The van der Waals surface area contributed by atoms with E-state index in [9.17, 15) is 9.59 Å². The quantitative estimate of drug-likeness (QED) is 0.834. The Balaban J connectivity index is 1.74. The number of hydrogen-bond donors (Lipinski definition) is 1. The summed E-state index contributed by atoms with van der Waals surface area (Å²) in [6, 6.07) is 3.44. The van der Waals surface area contributed by atoms with E-state index in [4.69, 9.17) is 0 Å². The van der Waals surface area contributed by atoms with Crippen molar-refractivity contribution in [2.24, 2.45) is 5.92 Å². The lowest BCUT2D eigenvalue weighted by Crippen LogP contribution is -2.58. The Morgan fingerprint density at radius 3 is 2.67 bits per heavy atom. The standard InChI is InChI=1S/C13H15N3O2/c17-11-8-16(7-9-3-5-14-6-4-9)13(18)12(15-11)10-1-2-10/h3-6,10,12H,1-2,7-8H2,(H,15,17). The normalized spacial score (nSPS) is 24.0. The minimum Gasteiger partial charge on any atom is -0.342 e. The largest absolute Gasteiger partial charge is 0.342 e. The fourth-order valence-electron chi connectivity index (χ4n) is 2.32. The lowest BCUT2D eigenvalue weighted by molar-refractivity contribution is -0.145. The summed E-state index contributed by atoms with van der Waals surface area (Å²) < 4.78 is 0. The predicted molar refractivity (Wildman–Crippen MR) is 64.3 cm³/mol. The smallest absolute Gasteiger partial charge is 0.246 e. The maximum Gasteiger partial charge on any atom is 0.246 e. The van der Waals surface area contributed by atoms with Crippen LogP contribution >= 0.6 is 0 Å². The summed E-state index contributed by atoms with van der Waals surface area (Å²) in [7, 11) is 0. The molecule has 1 unspecified atom stereocenters. The van der Waals surface area contributed by atoms with Gasteiger partial charge in [-0.1, -0.05) is 0 Å². The molecule has 1 aromatic rings. The van der Waals surface area contributed by atoms with Crippen molar-refractivity contribution < 1.29 is 9.59 Å². The van der Waals surface area contributed by atoms with Crippen LogP contribution in [-0.2, 0) is 16.1 Å². The Kier molecular flexibility index (Phi) is 2.74. The second-order valence-corrected chi connectivity index (χ2v) is 4.93. The van der Waals surface area contributed by atoms with Gasteiger partial charge in [0.1, 0.15) is 6.04 Å². The van der Waals surface area contributed by atoms with Crippen LogP contribution in [0.5, 0.6) is 0 Å². The van der Waals surface area contributed by atoms with Gasteiger partial charge in [0.2, 0.25) is 11.8 Å². The minimum atomic E-state index is -0.298. The molecule has 0 aromatic carbocycles. The van der Waals surface area contributed by atoms with Gasteiger partial charge >= 0.3 is 0 Å². The number of amides is 2. The molecule has 18 heavy (non-hydrogen) atoms. The van der Waals surface area contributed by atoms with Crippen LogP contribution in [-0.4, -0.2) is 34.3 Å². The van der Waals surface area contributed by atoms with Crippen molar-refractivity contribution in [3.05, 3.63) is 30.1 Å². The summed E-state index contributed by atoms with van der Waals surface area (Å²) in [4.78, 5) is 29.5. The van der Waals surface area contributed by atoms with Crippen LogP contribution in [0.4, 0.5) is 0 Å². The molecule has 2 heterocycles. The molecule has 1 aliphatic heterocycles. The molecule has 2 fully saturated rings. The van der Waals surface area contributed by atoms with Crippen molar-refractivity contribution in [3.8, 4) is 0 Å². The topological polar surface area (TPSA) is 62.3 Å². The first-order valence-corrected chi connectivity index (χ1v) is 6.21. The molecule has 1 aliphatic carbocycles. The number of rotatable bonds is 3. The molecule has 2 aliphatic rings. The molecule has 1 saturated heterocycles. The van der Waals surface area contributed by atoms with Gasteiger partial charge < -0.3 is 10.2 Å². The van der Waals surface area contributed by atoms with Crippen molar-refractivity contribution in [1.82, 2.24) is 15.2 Å². The van der Waals surface area contributed by atoms with Crippen LogP contribution in [0.15, 0.2) is 24.5 Å². The molecule has 94 valence electrons. The molecule has 3 rings (SSSR count). The number of carbonyl (C=O) groups is 2. The third kappa shape index (κ3) is 2.20. The fraction of sp³-hybridized carbons (Fsp3) is 0.462. The van der Waals surface area contributed by atoms with E-state index in [1.807, 2.05) is 12.1 Å². The fourth-order valence-corrected chi connectivity index (χ4v) is 2.32. The molecule has 0 bridgehead atoms. The van der Waals surface area contributed by atoms with E-state index in [0.29, 0.717) is 12.5 Å². The Bertz CT molecular complexity index is 470. The minimum absolute atomic E-state index is 0.0499. The lowest BCUT2D eigenvalue weighted by atomic mass is 10.1. The number of nitrogens with one attached hydrogen (secondary N) is 1. The second-order valence-electron chi connectivity index (χ2n) is 4.93. The second kappa shape index (κ2) is 4.40. The summed E-state index contributed by atoms with van der Waals surface area (Å²) in [5.74, 6) is 0.344. The van der Waals surface area contributed by atoms with Gasteiger partial charge in [0.15, 0.2) is 0 Å². The summed E-state index contributed by atoms with van der Waals surface area (Å²) >= 11 is 0. The van der Waals surface area contributed by atoms with Crippen LogP contribution in [0, 0.1) is 5.92 Å². The van der Waals surface area contributed by atoms with E-state index >= 15 is 0 Å². The van der Waals surface area contributed by atoms with Gasteiger partial charge in [0.05, 0.1) is 6.54 Å². The number of pyridine rings is 1. The third-order valence-corrected chi connectivity index (χ3v) is 3.44. The Morgan fingerprint density at radius 2 is 2.00 bits per heavy atom. The van der Waals surface area contributed by atoms with Crippen LogP contribution in [0.25, 0.3) is 0 Å². The summed E-state index contributed by atoms with van der Waals surface area (Å²) in [6.07, 6.45) is 5.48. The van der Waals surface area contributed by atoms with Gasteiger partial charge in [-0.25, -0.2) is 0 Å². The number of hydrogen-bond acceptors (Lipinski definition) is 3. The first-order valence-electron chi connectivity index (χ1n) is 6.21. The van der Waals surface area contributed by atoms with Crippen molar-refractivity contribution in [2.45, 2.75) is 25.4 Å². The molecule has 5 nitrogen and oxygen atoms in total. The van der Waals surface area contributed by atoms with Gasteiger partial charge in [-0.3, -0.25) is 14.6 Å². The summed E-state index contributed by atoms with van der Waals surface area (Å²) in [5, 5.41) is 2.80. The first-order chi connectivity index (χ1) is 8.74. The molecular weight excluding hydrogens is 230 g/mol. The molecule has 1 atom stereocenters. The zero-order chi connectivity index (χ0) is 12.5. The molecule has 0 spiro atoms. The zero-order valence-corrected chi connectivity index (χ0v) is 10.0. The molecule has 1 saturated carbocycles. The van der Waals surface area contributed by atoms with E-state index in [2.05, 4.69) is 10.3 Å². The van der Waals surface area contributed by atoms with Crippen molar-refractivity contribution in [2.75, 3.05) is 6.54 Å². The molecular formula is C13H15N3O2. The average Bonchev–Trinajstić information content (AvgIpc) is 3.19. The molecule has 2 amide bonds. The van der Waals surface area contributed by atoms with E-state index in [1.165, 1.54) is 0 Å². The highest BCUT2D eigenvalue weighted by molar-refractivity contribution is 5.95. The van der Waals surface area contributed by atoms with Crippen molar-refractivity contribution in [1.29, 1.82) is 0 Å². The number of carbonyl (C=O) groups excluding carboxylic acids is 2. The Morgan fingerprint density at radius 1 is 1.28 bits per heavy atom. The monoisotopic (exact) mass is 245 g/mol. The van der Waals surface area contributed by atoms with Crippen LogP contribution < -0.4 is 5.32 Å². The van der Waals surface area contributed by atoms with Gasteiger partial charge in [-0.05, 0) is 36.5 Å². The highest BCUT2D eigenvalue weighted by atomic mass is 16.2. The Hall–Kier alpha value is -1.91. The lowest BCUT2D eigenvalue weighted by Gasteiger charge is -2.32. The van der Waals surface area contributed by atoms with Crippen LogP contribution in [0.3, 0.4) is 0 Å². The molecule has 5 heteroatoms. The summed E-state index contributed by atoms with van der Waals surface area (Å²) in [5.41, 5.74) is 1.00. The summed E-state index contributed by atoms with van der Waals surface area (Å²) in [6.45, 7) is 0.641. The molecule has 0 radical (unpaired) electrons. The Labute approximate surface area is 105 Å². The van der Waals surface area contributed by atoms with Gasteiger partial charge in [0.25, 0.3) is 0 Å². The van der Waals surface area contributed by atoms with Gasteiger partial charge in [-0.15, -0.1) is 0 Å². The highest BCUT2D eigenvalue weighted by Crippen LogP contribution is 2.34. The van der Waals surface area contributed by atoms with E-state index < -0.39 is 0 Å². The SMILES string of the molecule is O=C1CN(Cc2ccncc2)C(=O)C(C2CC2)N1. The third-order valence-electron chi connectivity index (χ3n) is 3.44. The van der Waals surface area contributed by atoms with E-state index in [0.717, 1.165) is 18.4 Å². The number of aromatic nitrogens is 1. The van der Waals surface area contributed by atoms with E-state index in [-0.39, 0.29) is 24.4 Å².